The minimum absolute atomic E-state index is 0.0955. The molecule has 0 spiro atoms. The standard InChI is InChI=1S/C21H17NO2/c23-19-8-4-5-17(13-19)15-9-11-16(12-10-15)20-14-21(24)22(20)18-6-2-1-3-7-18/h1-13,20,23H,14H2/t20-/m0/s1. The highest BCUT2D eigenvalue weighted by Crippen LogP contribution is 2.39. The fourth-order valence-electron chi connectivity index (χ4n) is 3.18. The third-order valence-corrected chi connectivity index (χ3v) is 4.46. The van der Waals surface area contributed by atoms with Gasteiger partial charge in [-0.2, -0.15) is 0 Å². The normalized spacial score (nSPS) is 16.8. The molecule has 0 unspecified atom stereocenters. The first-order chi connectivity index (χ1) is 11.7. The topological polar surface area (TPSA) is 40.5 Å². The Morgan fingerprint density at radius 2 is 1.58 bits per heavy atom. The Balaban J connectivity index is 1.60. The number of hydrogen-bond acceptors (Lipinski definition) is 2. The zero-order chi connectivity index (χ0) is 16.5. The summed E-state index contributed by atoms with van der Waals surface area (Å²) in [5.74, 6) is 0.416. The summed E-state index contributed by atoms with van der Waals surface area (Å²) in [6.07, 6.45) is 0.542. The highest BCUT2D eigenvalue weighted by atomic mass is 16.3. The maximum atomic E-state index is 12.0. The Morgan fingerprint density at radius 1 is 0.833 bits per heavy atom. The van der Waals surface area contributed by atoms with Gasteiger partial charge >= 0.3 is 0 Å². The van der Waals surface area contributed by atoms with Crippen molar-refractivity contribution >= 4 is 11.6 Å². The minimum atomic E-state index is 0.0955. The van der Waals surface area contributed by atoms with E-state index in [0.717, 1.165) is 22.4 Å². The second-order valence-electron chi connectivity index (χ2n) is 5.99. The van der Waals surface area contributed by atoms with Gasteiger partial charge in [-0.1, -0.05) is 54.6 Å². The molecule has 1 aliphatic heterocycles. The lowest BCUT2D eigenvalue weighted by Crippen LogP contribution is -2.46. The minimum Gasteiger partial charge on any atom is -0.508 e. The molecule has 3 aromatic carbocycles. The number of rotatable bonds is 3. The average Bonchev–Trinajstić information content (AvgIpc) is 2.61. The molecule has 1 N–H and O–H groups in total. The van der Waals surface area contributed by atoms with Crippen molar-refractivity contribution in [2.45, 2.75) is 12.5 Å². The molecule has 3 nitrogen and oxygen atoms in total. The summed E-state index contributed by atoms with van der Waals surface area (Å²) in [5, 5.41) is 9.61. The number of anilines is 1. The molecule has 1 saturated heterocycles. The maximum Gasteiger partial charge on any atom is 0.230 e. The summed E-state index contributed by atoms with van der Waals surface area (Å²) in [5.41, 5.74) is 4.09. The third-order valence-electron chi connectivity index (χ3n) is 4.46. The second kappa shape index (κ2) is 5.85. The molecule has 1 amide bonds. The number of aromatic hydroxyl groups is 1. The Bertz CT molecular complexity index is 872. The summed E-state index contributed by atoms with van der Waals surface area (Å²) in [7, 11) is 0. The van der Waals surface area contributed by atoms with Gasteiger partial charge < -0.3 is 10.0 Å². The molecule has 118 valence electrons. The molecule has 0 bridgehead atoms. The van der Waals surface area contributed by atoms with Crippen LogP contribution in [0.5, 0.6) is 5.75 Å². The summed E-state index contributed by atoms with van der Waals surface area (Å²) in [6.45, 7) is 0. The number of nitrogens with zero attached hydrogens (tertiary/aromatic N) is 1. The number of amides is 1. The summed E-state index contributed by atoms with van der Waals surface area (Å²) < 4.78 is 0. The van der Waals surface area contributed by atoms with E-state index in [4.69, 9.17) is 0 Å². The Kier molecular flexibility index (Phi) is 3.54. The SMILES string of the molecule is O=C1C[C@@H](c2ccc(-c3cccc(O)c3)cc2)N1c1ccccc1. The van der Waals surface area contributed by atoms with E-state index in [1.165, 1.54) is 0 Å². The molecule has 1 fully saturated rings. The summed E-state index contributed by atoms with van der Waals surface area (Å²) >= 11 is 0. The highest BCUT2D eigenvalue weighted by molar-refractivity contribution is 6.01. The number of para-hydroxylation sites is 1. The van der Waals surface area contributed by atoms with Crippen molar-refractivity contribution in [1.29, 1.82) is 0 Å². The van der Waals surface area contributed by atoms with Crippen LogP contribution in [0.4, 0.5) is 5.69 Å². The lowest BCUT2D eigenvalue weighted by Gasteiger charge is -2.40. The first kappa shape index (κ1) is 14.5. The van der Waals surface area contributed by atoms with Crippen LogP contribution in [0, 0.1) is 0 Å². The molecular weight excluding hydrogens is 298 g/mol. The third kappa shape index (κ3) is 2.54. The van der Waals surface area contributed by atoms with Crippen LogP contribution in [-0.4, -0.2) is 11.0 Å². The molecule has 1 heterocycles. The van der Waals surface area contributed by atoms with Crippen molar-refractivity contribution in [2.24, 2.45) is 0 Å². The van der Waals surface area contributed by atoms with Crippen LogP contribution < -0.4 is 4.90 Å². The van der Waals surface area contributed by atoms with Crippen molar-refractivity contribution in [2.75, 3.05) is 4.90 Å². The Labute approximate surface area is 140 Å². The fourth-order valence-corrected chi connectivity index (χ4v) is 3.18. The predicted octanol–water partition coefficient (Wildman–Crippen LogP) is 4.54. The first-order valence-corrected chi connectivity index (χ1v) is 7.99. The van der Waals surface area contributed by atoms with Crippen molar-refractivity contribution < 1.29 is 9.90 Å². The number of phenols is 1. The van der Waals surface area contributed by atoms with Gasteiger partial charge in [0.15, 0.2) is 0 Å². The summed E-state index contributed by atoms with van der Waals surface area (Å²) in [4.78, 5) is 13.9. The number of benzene rings is 3. The van der Waals surface area contributed by atoms with Crippen LogP contribution >= 0.6 is 0 Å². The largest absolute Gasteiger partial charge is 0.508 e. The van der Waals surface area contributed by atoms with Gasteiger partial charge in [0, 0.05) is 5.69 Å². The predicted molar refractivity (Wildman–Crippen MR) is 94.8 cm³/mol. The fraction of sp³-hybridized carbons (Fsp3) is 0.0952. The lowest BCUT2D eigenvalue weighted by molar-refractivity contribution is -0.124. The molecule has 4 rings (SSSR count). The van der Waals surface area contributed by atoms with Crippen molar-refractivity contribution in [1.82, 2.24) is 0 Å². The van der Waals surface area contributed by atoms with Crippen molar-refractivity contribution in [3.8, 4) is 16.9 Å². The molecule has 0 aromatic heterocycles. The average molecular weight is 315 g/mol. The highest BCUT2D eigenvalue weighted by Gasteiger charge is 2.37. The quantitative estimate of drug-likeness (QED) is 0.721. The number of carbonyl (C=O) groups is 1. The monoisotopic (exact) mass is 315 g/mol. The van der Waals surface area contributed by atoms with Gasteiger partial charge in [-0.15, -0.1) is 0 Å². The molecule has 0 aliphatic carbocycles. The van der Waals surface area contributed by atoms with Gasteiger partial charge in [0.1, 0.15) is 5.75 Å². The van der Waals surface area contributed by atoms with Crippen LogP contribution in [0.1, 0.15) is 18.0 Å². The van der Waals surface area contributed by atoms with E-state index in [1.807, 2.05) is 59.5 Å². The van der Waals surface area contributed by atoms with Gasteiger partial charge in [-0.05, 0) is 41.0 Å². The van der Waals surface area contributed by atoms with E-state index < -0.39 is 0 Å². The number of carbonyl (C=O) groups excluding carboxylic acids is 1. The summed E-state index contributed by atoms with van der Waals surface area (Å²) in [6, 6.07) is 25.3. The second-order valence-corrected chi connectivity index (χ2v) is 5.99. The van der Waals surface area contributed by atoms with Crippen molar-refractivity contribution in [3.63, 3.8) is 0 Å². The molecular formula is C21H17NO2. The molecule has 24 heavy (non-hydrogen) atoms. The van der Waals surface area contributed by atoms with E-state index in [0.29, 0.717) is 6.42 Å². The Morgan fingerprint density at radius 3 is 2.25 bits per heavy atom. The van der Waals surface area contributed by atoms with Gasteiger partial charge in [0.25, 0.3) is 0 Å². The van der Waals surface area contributed by atoms with Crippen LogP contribution in [0.25, 0.3) is 11.1 Å². The molecule has 0 saturated carbocycles. The molecule has 3 aromatic rings. The van der Waals surface area contributed by atoms with Crippen LogP contribution in [-0.2, 0) is 4.79 Å². The van der Waals surface area contributed by atoms with Gasteiger partial charge in [0.05, 0.1) is 12.5 Å². The van der Waals surface area contributed by atoms with Crippen molar-refractivity contribution in [3.05, 3.63) is 84.4 Å². The van der Waals surface area contributed by atoms with Gasteiger partial charge in [-0.3, -0.25) is 4.79 Å². The van der Waals surface area contributed by atoms with Crippen LogP contribution in [0.15, 0.2) is 78.9 Å². The zero-order valence-corrected chi connectivity index (χ0v) is 13.1. The lowest BCUT2D eigenvalue weighted by atomic mass is 9.91. The van der Waals surface area contributed by atoms with Gasteiger partial charge in [-0.25, -0.2) is 0 Å². The zero-order valence-electron chi connectivity index (χ0n) is 13.1. The van der Waals surface area contributed by atoms with E-state index in [-0.39, 0.29) is 17.7 Å². The van der Waals surface area contributed by atoms with E-state index >= 15 is 0 Å². The van der Waals surface area contributed by atoms with E-state index in [1.54, 1.807) is 12.1 Å². The van der Waals surface area contributed by atoms with E-state index in [2.05, 4.69) is 12.1 Å². The first-order valence-electron chi connectivity index (χ1n) is 7.99. The number of β-lactam (4-membered cyclic amide) rings is 1. The maximum absolute atomic E-state index is 12.0. The number of hydrogen-bond donors (Lipinski definition) is 1. The molecule has 1 atom stereocenters. The number of phenolic OH excluding ortho intramolecular Hbond substituents is 1. The molecule has 1 aliphatic rings. The van der Waals surface area contributed by atoms with Crippen LogP contribution in [0.3, 0.4) is 0 Å². The van der Waals surface area contributed by atoms with E-state index in [9.17, 15) is 9.90 Å². The molecule has 0 radical (unpaired) electrons. The van der Waals surface area contributed by atoms with Gasteiger partial charge in [0.2, 0.25) is 5.91 Å². The Hall–Kier alpha value is -3.07. The molecule has 3 heteroatoms. The van der Waals surface area contributed by atoms with Crippen LogP contribution in [0.2, 0.25) is 0 Å². The smallest absolute Gasteiger partial charge is 0.230 e.